The summed E-state index contributed by atoms with van der Waals surface area (Å²) in [6, 6.07) is -0.0997. The first-order chi connectivity index (χ1) is 16.3. The molecule has 2 rings (SSSR count). The molecule has 1 aromatic heterocycles. The first-order valence-electron chi connectivity index (χ1n) is 10.3. The van der Waals surface area contributed by atoms with E-state index in [4.69, 9.17) is 34.2 Å². The Hall–Kier alpha value is -3.88. The number of carbonyl (C=O) groups excluding carboxylic acids is 4. The van der Waals surface area contributed by atoms with Gasteiger partial charge in [0.1, 0.15) is 18.4 Å². The summed E-state index contributed by atoms with van der Waals surface area (Å²) in [5.41, 5.74) is 4.94. The van der Waals surface area contributed by atoms with Crippen LogP contribution in [0.15, 0.2) is 4.79 Å². The number of aromatic nitrogens is 2. The van der Waals surface area contributed by atoms with Crippen LogP contribution in [0.5, 0.6) is 6.01 Å². The zero-order valence-electron chi connectivity index (χ0n) is 20.1. The molecule has 35 heavy (non-hydrogen) atoms. The van der Waals surface area contributed by atoms with Crippen LogP contribution in [0.4, 0.5) is 11.5 Å². The average Bonchev–Trinajstić information content (AvgIpc) is 2.75. The predicted molar refractivity (Wildman–Crippen MR) is 116 cm³/mol. The van der Waals surface area contributed by atoms with Gasteiger partial charge in [0.2, 0.25) is 0 Å². The van der Waals surface area contributed by atoms with Crippen molar-refractivity contribution in [3.05, 3.63) is 10.4 Å². The van der Waals surface area contributed by atoms with E-state index in [0.717, 1.165) is 32.3 Å². The third-order valence-corrected chi connectivity index (χ3v) is 4.74. The van der Waals surface area contributed by atoms with Gasteiger partial charge in [-0.1, -0.05) is 0 Å². The molecular formula is C20H28N4O11. The van der Waals surface area contributed by atoms with Gasteiger partial charge in [0.25, 0.3) is 5.56 Å². The molecule has 194 valence electrons. The van der Waals surface area contributed by atoms with E-state index in [1.807, 2.05) is 0 Å². The van der Waals surface area contributed by atoms with Crippen molar-refractivity contribution in [2.24, 2.45) is 7.05 Å². The van der Waals surface area contributed by atoms with E-state index in [1.165, 1.54) is 14.2 Å². The number of nitrogens with one attached hydrogen (secondary N) is 1. The molecule has 1 fully saturated rings. The van der Waals surface area contributed by atoms with Gasteiger partial charge >= 0.3 is 29.9 Å². The molecule has 0 radical (unpaired) electrons. The smallest absolute Gasteiger partial charge is 0.303 e. The molecule has 15 nitrogen and oxygen atoms in total. The Morgan fingerprint density at radius 2 is 1.51 bits per heavy atom. The Kier molecular flexibility index (Phi) is 8.99. The number of esters is 4. The molecule has 2 heterocycles. The zero-order chi connectivity index (χ0) is 26.4. The van der Waals surface area contributed by atoms with Gasteiger partial charge in [0, 0.05) is 34.7 Å². The van der Waals surface area contributed by atoms with Gasteiger partial charge in [-0.25, -0.2) is 0 Å². The highest BCUT2D eigenvalue weighted by molar-refractivity contribution is 5.69. The minimum Gasteiger partial charge on any atom is -0.468 e. The summed E-state index contributed by atoms with van der Waals surface area (Å²) in [6.45, 7) is 4.04. The van der Waals surface area contributed by atoms with Gasteiger partial charge in [-0.3, -0.25) is 28.5 Å². The molecule has 15 heteroatoms. The summed E-state index contributed by atoms with van der Waals surface area (Å²) < 4.78 is 33.0. The van der Waals surface area contributed by atoms with Gasteiger partial charge in [-0.2, -0.15) is 4.98 Å². The van der Waals surface area contributed by atoms with Gasteiger partial charge in [-0.15, -0.1) is 0 Å². The molecule has 0 amide bonds. The largest absolute Gasteiger partial charge is 0.468 e. The van der Waals surface area contributed by atoms with Crippen LogP contribution in [0.25, 0.3) is 0 Å². The van der Waals surface area contributed by atoms with E-state index in [0.29, 0.717) is 0 Å². The lowest BCUT2D eigenvalue weighted by Gasteiger charge is -2.44. The van der Waals surface area contributed by atoms with Crippen LogP contribution in [0, 0.1) is 0 Å². The van der Waals surface area contributed by atoms with Crippen molar-refractivity contribution >= 4 is 35.4 Å². The number of nitrogen functional groups attached to an aromatic ring is 1. The van der Waals surface area contributed by atoms with E-state index in [2.05, 4.69) is 10.3 Å². The number of anilines is 2. The van der Waals surface area contributed by atoms with Crippen LogP contribution >= 0.6 is 0 Å². The maximum Gasteiger partial charge on any atom is 0.303 e. The van der Waals surface area contributed by atoms with E-state index in [9.17, 15) is 24.0 Å². The van der Waals surface area contributed by atoms with Crippen molar-refractivity contribution in [2.75, 3.05) is 24.8 Å². The number of methoxy groups -OCH3 is 1. The average molecular weight is 500 g/mol. The summed E-state index contributed by atoms with van der Waals surface area (Å²) >= 11 is 0. The number of rotatable bonds is 8. The van der Waals surface area contributed by atoms with Gasteiger partial charge < -0.3 is 39.5 Å². The lowest BCUT2D eigenvalue weighted by molar-refractivity contribution is -0.247. The summed E-state index contributed by atoms with van der Waals surface area (Å²) in [7, 11) is 2.68. The van der Waals surface area contributed by atoms with Crippen LogP contribution < -0.4 is 21.3 Å². The Morgan fingerprint density at radius 1 is 0.971 bits per heavy atom. The number of ether oxygens (including phenoxy) is 6. The zero-order valence-corrected chi connectivity index (χ0v) is 20.1. The lowest BCUT2D eigenvalue weighted by atomic mass is 9.97. The fourth-order valence-corrected chi connectivity index (χ4v) is 3.37. The quantitative estimate of drug-likeness (QED) is 0.321. The molecule has 0 spiro atoms. The maximum atomic E-state index is 12.5. The monoisotopic (exact) mass is 500 g/mol. The number of nitrogens with two attached hydrogens (primary N) is 1. The van der Waals surface area contributed by atoms with Crippen LogP contribution in [0.2, 0.25) is 0 Å². The van der Waals surface area contributed by atoms with Crippen molar-refractivity contribution in [2.45, 2.75) is 58.3 Å². The van der Waals surface area contributed by atoms with Gasteiger partial charge in [0.15, 0.2) is 30.4 Å². The lowest BCUT2D eigenvalue weighted by Crippen LogP contribution is -2.64. The number of nitrogens with zero attached hydrogens (tertiary/aromatic N) is 2. The van der Waals surface area contributed by atoms with Crippen LogP contribution in [0.3, 0.4) is 0 Å². The van der Waals surface area contributed by atoms with Gasteiger partial charge in [-0.05, 0) is 0 Å². The van der Waals surface area contributed by atoms with E-state index >= 15 is 0 Å². The molecular weight excluding hydrogens is 472 g/mol. The van der Waals surface area contributed by atoms with Crippen LogP contribution in [0.1, 0.15) is 27.7 Å². The summed E-state index contributed by atoms with van der Waals surface area (Å²) in [6.07, 6.45) is -6.69. The number of hydrogen-bond donors (Lipinski definition) is 2. The SMILES string of the molecule is COc1nc(N[C@@H]2O[C@H](COC(C)=O)[C@@H](OC(C)=O)[C@H](OC(C)=O)[C@H]2OC(C)=O)c(N)c(=O)n1C. The molecule has 1 aliphatic heterocycles. The van der Waals surface area contributed by atoms with Crippen LogP contribution in [-0.2, 0) is 49.9 Å². The van der Waals surface area contributed by atoms with Gasteiger partial charge in [0.05, 0.1) is 7.11 Å². The van der Waals surface area contributed by atoms with Crippen molar-refractivity contribution in [1.29, 1.82) is 0 Å². The highest BCUT2D eigenvalue weighted by Gasteiger charge is 2.52. The minimum atomic E-state index is -1.41. The van der Waals surface area contributed by atoms with Crippen molar-refractivity contribution in [3.8, 4) is 6.01 Å². The molecule has 0 bridgehead atoms. The maximum absolute atomic E-state index is 12.5. The number of hydrogen-bond acceptors (Lipinski definition) is 14. The Balaban J connectivity index is 2.58. The summed E-state index contributed by atoms with van der Waals surface area (Å²) in [5.74, 6) is -3.19. The van der Waals surface area contributed by atoms with Crippen LogP contribution in [-0.4, -0.2) is 77.8 Å². The second kappa shape index (κ2) is 11.5. The first-order valence-corrected chi connectivity index (χ1v) is 10.3. The second-order valence-electron chi connectivity index (χ2n) is 7.49. The molecule has 3 N–H and O–H groups in total. The Bertz CT molecular complexity index is 1040. The third-order valence-electron chi connectivity index (χ3n) is 4.74. The molecule has 0 saturated carbocycles. The summed E-state index contributed by atoms with van der Waals surface area (Å²) in [4.78, 5) is 63.6. The minimum absolute atomic E-state index is 0.0997. The van der Waals surface area contributed by atoms with Crippen molar-refractivity contribution in [3.63, 3.8) is 0 Å². The molecule has 0 aromatic carbocycles. The standard InChI is InChI=1S/C20H28N4O11/c1-8(25)31-7-12-14(32-9(2)26)15(33-10(3)27)16(34-11(4)28)18(35-12)22-17-13(21)19(29)24(5)20(23-17)30-6/h12,14-16,18,22H,7,21H2,1-6H3/t12-,14-,15+,16-,18-/m1/s1. The highest BCUT2D eigenvalue weighted by Crippen LogP contribution is 2.30. The predicted octanol–water partition coefficient (Wildman–Crippen LogP) is -1.13. The third kappa shape index (κ3) is 6.81. The molecule has 1 aromatic rings. The molecule has 5 atom stereocenters. The van der Waals surface area contributed by atoms with E-state index < -0.39 is 66.7 Å². The van der Waals surface area contributed by atoms with Crippen molar-refractivity contribution in [1.82, 2.24) is 9.55 Å². The molecule has 0 aliphatic carbocycles. The van der Waals surface area contributed by atoms with E-state index in [-0.39, 0.29) is 17.5 Å². The molecule has 0 unspecified atom stereocenters. The molecule has 1 aliphatic rings. The fourth-order valence-electron chi connectivity index (χ4n) is 3.37. The topological polar surface area (TPSA) is 197 Å². The van der Waals surface area contributed by atoms with Crippen molar-refractivity contribution < 1.29 is 47.6 Å². The Morgan fingerprint density at radius 3 is 2.03 bits per heavy atom. The Labute approximate surface area is 199 Å². The first kappa shape index (κ1) is 27.4. The highest BCUT2D eigenvalue weighted by atomic mass is 16.7. The second-order valence-corrected chi connectivity index (χ2v) is 7.49. The summed E-state index contributed by atoms with van der Waals surface area (Å²) in [5, 5.41) is 2.74. The normalized spacial score (nSPS) is 23.5. The fraction of sp³-hybridized carbons (Fsp3) is 0.600. The number of carbonyl (C=O) groups is 4. The molecule has 1 saturated heterocycles. The van der Waals surface area contributed by atoms with E-state index in [1.54, 1.807) is 0 Å².